The number of amides is 3. The van der Waals surface area contributed by atoms with Gasteiger partial charge in [0, 0.05) is 16.6 Å². The molecular formula is C35H39N3O5S. The van der Waals surface area contributed by atoms with E-state index in [9.17, 15) is 19.5 Å². The van der Waals surface area contributed by atoms with Crippen LogP contribution in [0.1, 0.15) is 36.5 Å². The zero-order valence-corrected chi connectivity index (χ0v) is 26.1. The van der Waals surface area contributed by atoms with Gasteiger partial charge in [0.2, 0.25) is 17.7 Å². The lowest BCUT2D eigenvalue weighted by atomic mass is 9.70. The molecule has 2 bridgehead atoms. The van der Waals surface area contributed by atoms with E-state index < -0.39 is 28.7 Å². The van der Waals surface area contributed by atoms with Crippen molar-refractivity contribution in [2.75, 3.05) is 23.8 Å². The first-order valence-electron chi connectivity index (χ1n) is 15.3. The van der Waals surface area contributed by atoms with E-state index in [4.69, 9.17) is 4.74 Å². The van der Waals surface area contributed by atoms with Gasteiger partial charge in [-0.2, -0.15) is 0 Å². The van der Waals surface area contributed by atoms with Crippen molar-refractivity contribution in [1.29, 1.82) is 0 Å². The van der Waals surface area contributed by atoms with Crippen molar-refractivity contribution in [1.82, 2.24) is 4.90 Å². The molecule has 3 fully saturated rings. The van der Waals surface area contributed by atoms with Crippen molar-refractivity contribution in [3.8, 4) is 5.75 Å². The molecule has 3 N–H and O–H groups in total. The van der Waals surface area contributed by atoms with Gasteiger partial charge in [-0.25, -0.2) is 0 Å². The summed E-state index contributed by atoms with van der Waals surface area (Å²) in [5.41, 5.74) is 4.19. The Kier molecular flexibility index (Phi) is 8.44. The Morgan fingerprint density at radius 1 is 1.00 bits per heavy atom. The van der Waals surface area contributed by atoms with Crippen LogP contribution < -0.4 is 15.4 Å². The first-order valence-corrected chi connectivity index (χ1v) is 16.2. The van der Waals surface area contributed by atoms with Crippen LogP contribution in [-0.4, -0.2) is 63.0 Å². The molecular weight excluding hydrogens is 574 g/mol. The predicted octanol–water partition coefficient (Wildman–Crippen LogP) is 4.97. The van der Waals surface area contributed by atoms with Crippen molar-refractivity contribution in [3.05, 3.63) is 89.5 Å². The third-order valence-electron chi connectivity index (χ3n) is 9.37. The average molecular weight is 614 g/mol. The van der Waals surface area contributed by atoms with E-state index in [0.717, 1.165) is 28.8 Å². The molecule has 6 rings (SSSR count). The number of aliphatic hydroxyl groups is 1. The van der Waals surface area contributed by atoms with Crippen LogP contribution in [0.15, 0.2) is 72.8 Å². The van der Waals surface area contributed by atoms with Crippen molar-refractivity contribution >= 4 is 40.9 Å². The number of benzene rings is 3. The fourth-order valence-corrected chi connectivity index (χ4v) is 9.66. The van der Waals surface area contributed by atoms with Gasteiger partial charge in [-0.1, -0.05) is 48.5 Å². The number of ether oxygens (including phenoxy) is 1. The third kappa shape index (κ3) is 5.26. The second kappa shape index (κ2) is 12.3. The van der Waals surface area contributed by atoms with Gasteiger partial charge < -0.3 is 25.4 Å². The smallest absolute Gasteiger partial charge is 0.248 e. The first kappa shape index (κ1) is 30.2. The maximum absolute atomic E-state index is 14.6. The number of fused-ring (bicyclic) bond motifs is 1. The maximum Gasteiger partial charge on any atom is 0.248 e. The molecule has 0 aromatic heterocycles. The molecule has 3 amide bonds. The van der Waals surface area contributed by atoms with Crippen molar-refractivity contribution in [3.63, 3.8) is 0 Å². The van der Waals surface area contributed by atoms with Crippen LogP contribution in [0.4, 0.5) is 11.4 Å². The molecule has 0 radical (unpaired) electrons. The summed E-state index contributed by atoms with van der Waals surface area (Å²) >= 11 is 1.62. The van der Waals surface area contributed by atoms with Gasteiger partial charge in [0.1, 0.15) is 11.8 Å². The fraction of sp³-hybridized carbons (Fsp3) is 0.400. The standard InChI is InChI=1S/C35H39N3O5S/c1-4-43-26-15-13-24(14-16-26)36-32(40)28-27-17-18-35(44-27)29(28)34(42)38(25(20-39)19-23-11-6-5-7-12-23)31(35)33(41)37-30-21(2)9-8-10-22(30)3/h5-16,25,27-29,31,39H,4,17-20H2,1-3H3,(H,36,40)(H,37,41)/t25-,27-,28+,29+,31?,35?/m1/s1. The quantitative estimate of drug-likeness (QED) is 0.298. The summed E-state index contributed by atoms with van der Waals surface area (Å²) < 4.78 is 4.76. The Balaban J connectivity index is 1.35. The average Bonchev–Trinajstić information content (AvgIpc) is 3.67. The second-order valence-electron chi connectivity index (χ2n) is 12.0. The molecule has 3 saturated heterocycles. The number of nitrogens with one attached hydrogen (secondary N) is 2. The summed E-state index contributed by atoms with van der Waals surface area (Å²) in [5, 5.41) is 16.8. The maximum atomic E-state index is 14.6. The summed E-state index contributed by atoms with van der Waals surface area (Å²) in [6.45, 7) is 6.06. The van der Waals surface area contributed by atoms with Crippen LogP contribution in [0, 0.1) is 25.7 Å². The number of nitrogens with zero attached hydrogens (tertiary/aromatic N) is 1. The van der Waals surface area contributed by atoms with Gasteiger partial charge >= 0.3 is 0 Å². The van der Waals surface area contributed by atoms with Gasteiger partial charge in [-0.05, 0) is 81.0 Å². The molecule has 1 spiro atoms. The van der Waals surface area contributed by atoms with Gasteiger partial charge in [-0.15, -0.1) is 11.8 Å². The van der Waals surface area contributed by atoms with Gasteiger partial charge in [-0.3, -0.25) is 14.4 Å². The SMILES string of the molecule is CCOc1ccc(NC(=O)[C@@H]2[C@H]3C(=O)N([C@@H](CO)Cc4ccccc4)C(C(=O)Nc4c(C)cccc4C)C34CC[C@H]2S4)cc1. The zero-order valence-electron chi connectivity index (χ0n) is 25.3. The molecule has 2 unspecified atom stereocenters. The normalized spacial score (nSPS) is 25.9. The van der Waals surface area contributed by atoms with Crippen LogP contribution in [0.5, 0.6) is 5.75 Å². The van der Waals surface area contributed by atoms with Gasteiger partial charge in [0.25, 0.3) is 0 Å². The summed E-state index contributed by atoms with van der Waals surface area (Å²) in [6.07, 6.45) is 1.78. The van der Waals surface area contributed by atoms with Crippen LogP contribution in [0.3, 0.4) is 0 Å². The molecule has 3 aliphatic heterocycles. The minimum atomic E-state index is -0.835. The van der Waals surface area contributed by atoms with E-state index in [1.165, 1.54) is 0 Å². The lowest BCUT2D eigenvalue weighted by Crippen LogP contribution is -2.55. The van der Waals surface area contributed by atoms with E-state index in [-0.39, 0.29) is 29.6 Å². The van der Waals surface area contributed by atoms with Crippen LogP contribution >= 0.6 is 11.8 Å². The Hall–Kier alpha value is -3.82. The highest BCUT2D eigenvalue weighted by Crippen LogP contribution is 2.66. The number of aryl methyl sites for hydroxylation is 2. The molecule has 0 saturated carbocycles. The number of rotatable bonds is 10. The number of carbonyl (C=O) groups excluding carboxylic acids is 3. The Labute approximate surface area is 262 Å². The number of thioether (sulfide) groups is 1. The molecule has 3 aromatic rings. The van der Waals surface area contributed by atoms with E-state index >= 15 is 0 Å². The Morgan fingerprint density at radius 3 is 2.36 bits per heavy atom. The summed E-state index contributed by atoms with van der Waals surface area (Å²) in [6, 6.07) is 21.3. The van der Waals surface area contributed by atoms with Crippen molar-refractivity contribution < 1.29 is 24.2 Å². The van der Waals surface area contributed by atoms with Crippen LogP contribution in [0.2, 0.25) is 0 Å². The van der Waals surface area contributed by atoms with E-state index in [1.807, 2.05) is 81.4 Å². The summed E-state index contributed by atoms with van der Waals surface area (Å²) in [7, 11) is 0. The molecule has 0 aliphatic carbocycles. The van der Waals surface area contributed by atoms with Crippen LogP contribution in [-0.2, 0) is 20.8 Å². The lowest BCUT2D eigenvalue weighted by molar-refractivity contribution is -0.141. The first-order chi connectivity index (χ1) is 21.3. The minimum Gasteiger partial charge on any atom is -0.494 e. The number of para-hydroxylation sites is 1. The lowest BCUT2D eigenvalue weighted by Gasteiger charge is -2.37. The number of anilines is 2. The highest BCUT2D eigenvalue weighted by Gasteiger charge is 2.74. The van der Waals surface area contributed by atoms with Crippen molar-refractivity contribution in [2.45, 2.75) is 62.1 Å². The molecule has 8 nitrogen and oxygen atoms in total. The predicted molar refractivity (Wildman–Crippen MR) is 173 cm³/mol. The zero-order chi connectivity index (χ0) is 31.0. The second-order valence-corrected chi connectivity index (χ2v) is 13.6. The number of hydrogen-bond acceptors (Lipinski definition) is 6. The van der Waals surface area contributed by atoms with E-state index in [2.05, 4.69) is 10.6 Å². The van der Waals surface area contributed by atoms with Crippen LogP contribution in [0.25, 0.3) is 0 Å². The van der Waals surface area contributed by atoms with E-state index in [0.29, 0.717) is 30.9 Å². The molecule has 3 heterocycles. The topological polar surface area (TPSA) is 108 Å². The number of likely N-dealkylation sites (tertiary alicyclic amines) is 1. The number of carbonyl (C=O) groups is 3. The molecule has 6 atom stereocenters. The molecule has 3 aromatic carbocycles. The Morgan fingerprint density at radius 2 is 1.70 bits per heavy atom. The van der Waals surface area contributed by atoms with Gasteiger partial charge in [0.05, 0.1) is 35.8 Å². The minimum absolute atomic E-state index is 0.0778. The van der Waals surface area contributed by atoms with Gasteiger partial charge in [0.15, 0.2) is 0 Å². The number of aliphatic hydroxyl groups excluding tert-OH is 1. The summed E-state index contributed by atoms with van der Waals surface area (Å²) in [5.74, 6) is -1.27. The number of hydrogen-bond donors (Lipinski definition) is 3. The summed E-state index contributed by atoms with van der Waals surface area (Å²) in [4.78, 5) is 44.5. The molecule has 230 valence electrons. The largest absolute Gasteiger partial charge is 0.494 e. The molecule has 9 heteroatoms. The monoisotopic (exact) mass is 613 g/mol. The molecule has 44 heavy (non-hydrogen) atoms. The fourth-order valence-electron chi connectivity index (χ4n) is 7.45. The highest BCUT2D eigenvalue weighted by molar-refractivity contribution is 8.02. The Bertz CT molecular complexity index is 1530. The highest BCUT2D eigenvalue weighted by atomic mass is 32.2. The molecule has 3 aliphatic rings. The van der Waals surface area contributed by atoms with Crippen molar-refractivity contribution in [2.24, 2.45) is 11.8 Å². The van der Waals surface area contributed by atoms with E-state index in [1.54, 1.807) is 28.8 Å². The third-order valence-corrected chi connectivity index (χ3v) is 11.3.